The van der Waals surface area contributed by atoms with Crippen LogP contribution in [0.2, 0.25) is 10.0 Å². The lowest BCUT2D eigenvalue weighted by molar-refractivity contribution is 0.0445. The number of halogens is 3. The highest BCUT2D eigenvalue weighted by molar-refractivity contribution is 6.40. The van der Waals surface area contributed by atoms with Gasteiger partial charge in [0.1, 0.15) is 11.6 Å². The molecule has 0 aliphatic carbocycles. The van der Waals surface area contributed by atoms with Crippen LogP contribution in [-0.2, 0) is 16.0 Å². The molecule has 2 unspecified atom stereocenters. The fraction of sp³-hybridized carbons (Fsp3) is 0.429. The van der Waals surface area contributed by atoms with E-state index >= 15 is 4.39 Å². The van der Waals surface area contributed by atoms with Crippen LogP contribution in [0.5, 0.6) is 5.75 Å². The van der Waals surface area contributed by atoms with Gasteiger partial charge in [-0.15, -0.1) is 0 Å². The van der Waals surface area contributed by atoms with Crippen molar-refractivity contribution >= 4 is 46.5 Å². The molecule has 3 aromatic carbocycles. The maximum absolute atomic E-state index is 15.7. The van der Waals surface area contributed by atoms with E-state index in [2.05, 4.69) is 16.7 Å². The van der Waals surface area contributed by atoms with E-state index in [0.29, 0.717) is 41.7 Å². The number of carbonyl (C=O) groups is 2. The van der Waals surface area contributed by atoms with Crippen LogP contribution in [0.3, 0.4) is 0 Å². The summed E-state index contributed by atoms with van der Waals surface area (Å²) in [6, 6.07) is 11.7. The van der Waals surface area contributed by atoms with Crippen LogP contribution >= 0.6 is 23.2 Å². The number of carbonyl (C=O) groups excluding carboxylic acids is 1. The van der Waals surface area contributed by atoms with Crippen molar-refractivity contribution in [2.75, 3.05) is 49.9 Å². The van der Waals surface area contributed by atoms with Gasteiger partial charge in [-0.2, -0.15) is 0 Å². The van der Waals surface area contributed by atoms with Crippen molar-refractivity contribution in [2.45, 2.75) is 50.9 Å². The molecule has 0 radical (unpaired) electrons. The Balaban J connectivity index is 1.16. The minimum absolute atomic E-state index is 0.0322. The minimum atomic E-state index is -1.19. The van der Waals surface area contributed by atoms with Gasteiger partial charge in [0, 0.05) is 42.6 Å². The Morgan fingerprint density at radius 2 is 1.74 bits per heavy atom. The number of rotatable bonds is 6. The summed E-state index contributed by atoms with van der Waals surface area (Å²) in [5.41, 5.74) is 2.83. The topological polar surface area (TPSA) is 91.8 Å². The number of fused-ring (bicyclic) bond motifs is 3. The summed E-state index contributed by atoms with van der Waals surface area (Å²) in [5, 5.41) is 10.5. The number of piperidine rings is 1. The molecule has 0 spiro atoms. The van der Waals surface area contributed by atoms with Crippen molar-refractivity contribution in [1.82, 2.24) is 4.90 Å². The first-order valence-corrected chi connectivity index (χ1v) is 16.6. The number of hydrogen-bond donors (Lipinski definition) is 1. The van der Waals surface area contributed by atoms with Gasteiger partial charge in [-0.25, -0.2) is 9.18 Å². The zero-order valence-electron chi connectivity index (χ0n) is 26.2. The second-order valence-corrected chi connectivity index (χ2v) is 13.6. The fourth-order valence-corrected chi connectivity index (χ4v) is 8.24. The van der Waals surface area contributed by atoms with Gasteiger partial charge in [0.25, 0.3) is 5.91 Å². The van der Waals surface area contributed by atoms with Crippen molar-refractivity contribution in [3.63, 3.8) is 0 Å². The Hall–Kier alpha value is -3.57. The molecular weight excluding hydrogens is 648 g/mol. The van der Waals surface area contributed by atoms with Crippen LogP contribution in [-0.4, -0.2) is 80.2 Å². The molecule has 47 heavy (non-hydrogen) atoms. The lowest BCUT2D eigenvalue weighted by Gasteiger charge is -2.38. The van der Waals surface area contributed by atoms with Gasteiger partial charge in [-0.05, 0) is 49.4 Å². The molecule has 3 saturated heterocycles. The minimum Gasteiger partial charge on any atom is -0.478 e. The van der Waals surface area contributed by atoms with Crippen molar-refractivity contribution in [3.8, 4) is 16.9 Å². The lowest BCUT2D eigenvalue weighted by atomic mass is 9.96. The summed E-state index contributed by atoms with van der Waals surface area (Å²) in [4.78, 5) is 31.8. The molecule has 7 rings (SSSR count). The second-order valence-electron chi connectivity index (χ2n) is 12.8. The number of hydrogen-bond acceptors (Lipinski definition) is 7. The zero-order chi connectivity index (χ0) is 33.0. The van der Waals surface area contributed by atoms with E-state index in [9.17, 15) is 14.7 Å². The van der Waals surface area contributed by atoms with Crippen LogP contribution in [0.4, 0.5) is 15.8 Å². The first-order valence-electron chi connectivity index (χ1n) is 15.9. The molecule has 4 aliphatic rings. The number of benzene rings is 3. The molecule has 4 heterocycles. The molecule has 1 amide bonds. The largest absolute Gasteiger partial charge is 0.478 e. The Labute approximate surface area is 282 Å². The van der Waals surface area contributed by atoms with E-state index in [1.165, 1.54) is 4.90 Å². The quantitative estimate of drug-likeness (QED) is 0.306. The smallest absolute Gasteiger partial charge is 0.337 e. The van der Waals surface area contributed by atoms with Crippen molar-refractivity contribution in [3.05, 3.63) is 75.0 Å². The summed E-state index contributed by atoms with van der Waals surface area (Å²) in [7, 11) is 1.73. The molecule has 9 nitrogen and oxygen atoms in total. The van der Waals surface area contributed by atoms with Crippen molar-refractivity contribution in [2.24, 2.45) is 5.92 Å². The molecule has 0 saturated carbocycles. The van der Waals surface area contributed by atoms with Gasteiger partial charge in [0.2, 0.25) is 0 Å². The number of carboxylic acids is 1. The van der Waals surface area contributed by atoms with Crippen molar-refractivity contribution < 1.29 is 33.3 Å². The van der Waals surface area contributed by atoms with Crippen LogP contribution in [0.15, 0.2) is 42.5 Å². The normalized spacial score (nSPS) is 23.8. The Morgan fingerprint density at radius 1 is 1.02 bits per heavy atom. The second kappa shape index (κ2) is 12.8. The maximum Gasteiger partial charge on any atom is 0.337 e. The molecule has 3 fully saturated rings. The number of carboxylic acid groups (broad SMARTS) is 1. The monoisotopic (exact) mass is 683 g/mol. The van der Waals surface area contributed by atoms with Crippen LogP contribution in [0.1, 0.15) is 52.5 Å². The molecule has 12 heteroatoms. The summed E-state index contributed by atoms with van der Waals surface area (Å²) in [5.74, 6) is -1.46. The highest BCUT2D eigenvalue weighted by Crippen LogP contribution is 2.43. The SMILES string of the molecule is CO[C@@H]1CCN(c2cc(Cl)c(C(=O)N3COc4c(cccc4-c4cc(N5C6CCC5COC6)c(C(=O)O)cc4F)C3)c(Cl)c2)C[C@H]1C. The van der Waals surface area contributed by atoms with E-state index < -0.39 is 11.8 Å². The van der Waals surface area contributed by atoms with E-state index in [1.807, 2.05) is 6.07 Å². The number of aromatic carboxylic acids is 1. The molecule has 4 atom stereocenters. The number of amides is 1. The fourth-order valence-electron chi connectivity index (χ4n) is 7.60. The predicted molar refractivity (Wildman–Crippen MR) is 178 cm³/mol. The number of morpholine rings is 1. The van der Waals surface area contributed by atoms with Gasteiger partial charge >= 0.3 is 5.97 Å². The van der Waals surface area contributed by atoms with Gasteiger partial charge in [0.05, 0.1) is 64.8 Å². The Bertz CT molecular complexity index is 1700. The first kappa shape index (κ1) is 32.0. The average molecular weight is 685 g/mol. The third-order valence-corrected chi connectivity index (χ3v) is 10.6. The molecule has 4 aliphatic heterocycles. The highest BCUT2D eigenvalue weighted by atomic mass is 35.5. The Morgan fingerprint density at radius 3 is 2.40 bits per heavy atom. The number of methoxy groups -OCH3 is 1. The standard InChI is InChI=1S/C35H36Cl2FN3O6/c1-19-14-39(9-8-31(19)45-2)23-10-27(36)32(28(37)11-23)34(42)40-15-20-4-3-5-24(33(20)47-18-40)25-13-30(26(35(43)44)12-29(25)38)41-21-6-7-22(41)17-46-16-21/h3-5,10-13,19,21-22,31H,6-9,14-18H2,1-2H3,(H,43,44)/t19-,21?,22?,31-/m1/s1. The summed E-state index contributed by atoms with van der Waals surface area (Å²) < 4.78 is 33.1. The zero-order valence-corrected chi connectivity index (χ0v) is 27.7. The van der Waals surface area contributed by atoms with Crippen LogP contribution < -0.4 is 14.5 Å². The van der Waals surface area contributed by atoms with E-state index in [0.717, 1.165) is 44.1 Å². The van der Waals surface area contributed by atoms with E-state index in [-0.39, 0.29) is 64.1 Å². The third kappa shape index (κ3) is 5.79. The third-order valence-electron chi connectivity index (χ3n) is 9.97. The van der Waals surface area contributed by atoms with Crippen LogP contribution in [0.25, 0.3) is 11.1 Å². The average Bonchev–Trinajstić information content (AvgIpc) is 3.30. The molecule has 248 valence electrons. The summed E-state index contributed by atoms with van der Waals surface area (Å²) in [6.07, 6.45) is 2.84. The molecule has 3 aromatic rings. The van der Waals surface area contributed by atoms with Gasteiger partial charge in [-0.1, -0.05) is 48.3 Å². The van der Waals surface area contributed by atoms with Crippen molar-refractivity contribution in [1.29, 1.82) is 0 Å². The van der Waals surface area contributed by atoms with Gasteiger partial charge in [-0.3, -0.25) is 4.79 Å². The molecular formula is C35H36Cl2FN3O6. The van der Waals surface area contributed by atoms with E-state index in [1.54, 1.807) is 37.4 Å². The number of anilines is 2. The Kier molecular flexibility index (Phi) is 8.72. The van der Waals surface area contributed by atoms with Gasteiger partial charge in [0.15, 0.2) is 6.73 Å². The number of ether oxygens (including phenoxy) is 3. The molecule has 2 bridgehead atoms. The van der Waals surface area contributed by atoms with Gasteiger partial charge < -0.3 is 34.0 Å². The lowest BCUT2D eigenvalue weighted by Crippen LogP contribution is -2.46. The highest BCUT2D eigenvalue weighted by Gasteiger charge is 2.40. The molecule has 1 N–H and O–H groups in total. The predicted octanol–water partition coefficient (Wildman–Crippen LogP) is 6.72. The van der Waals surface area contributed by atoms with E-state index in [4.69, 9.17) is 37.4 Å². The number of nitrogens with zero attached hydrogens (tertiary/aromatic N) is 3. The molecule has 0 aromatic heterocycles. The summed E-state index contributed by atoms with van der Waals surface area (Å²) in [6.45, 7) is 4.80. The number of para-hydroxylation sites is 1. The van der Waals surface area contributed by atoms with Crippen LogP contribution in [0, 0.1) is 11.7 Å². The first-order chi connectivity index (χ1) is 22.6. The summed E-state index contributed by atoms with van der Waals surface area (Å²) >= 11 is 13.4. The maximum atomic E-state index is 15.7.